The number of aryl methyl sites for hydroxylation is 1. The first-order valence-electron chi connectivity index (χ1n) is 7.11. The van der Waals surface area contributed by atoms with Crippen LogP contribution in [0, 0.1) is 17.3 Å². The second-order valence-electron chi connectivity index (χ2n) is 6.30. The van der Waals surface area contributed by atoms with Gasteiger partial charge in [0.25, 0.3) is 0 Å². The second kappa shape index (κ2) is 4.42. The summed E-state index contributed by atoms with van der Waals surface area (Å²) < 4.78 is 0. The fraction of sp³-hybridized carbons (Fsp3) is 0.444. The van der Waals surface area contributed by atoms with Crippen LogP contribution in [0.4, 0.5) is 0 Å². The fourth-order valence-corrected chi connectivity index (χ4v) is 3.09. The standard InChI is InChI=1S/C18H22/c1-14-13-16-5-3-15(4-6-16)7-10-18(2)11-8-17(14)9-12-18/h3-6,8-9,11-12,14,17H,7,10,13H2,1-2H3. The minimum Gasteiger partial charge on any atom is -0.0805 e. The maximum atomic E-state index is 2.43. The van der Waals surface area contributed by atoms with E-state index in [9.17, 15) is 0 Å². The zero-order chi connectivity index (χ0) is 12.6. The highest BCUT2D eigenvalue weighted by molar-refractivity contribution is 5.27. The summed E-state index contributed by atoms with van der Waals surface area (Å²) in [7, 11) is 0. The molecule has 6 rings (SSSR count). The average Bonchev–Trinajstić information content (AvgIpc) is 2.37. The lowest BCUT2D eigenvalue weighted by Crippen LogP contribution is -2.20. The van der Waals surface area contributed by atoms with E-state index in [1.165, 1.54) is 30.4 Å². The van der Waals surface area contributed by atoms with Crippen LogP contribution in [0.1, 0.15) is 31.4 Å². The molecule has 0 heteroatoms. The summed E-state index contributed by atoms with van der Waals surface area (Å²) in [5, 5.41) is 0. The SMILES string of the molecule is CC1Cc2ccc(cc2)CCC2(C)C=CC1C=C2. The van der Waals surface area contributed by atoms with E-state index in [0.717, 1.165) is 0 Å². The summed E-state index contributed by atoms with van der Waals surface area (Å²) in [6.07, 6.45) is 13.3. The summed E-state index contributed by atoms with van der Waals surface area (Å²) in [6, 6.07) is 9.26. The molecule has 1 aromatic rings. The molecule has 0 saturated heterocycles. The molecule has 0 fully saturated rings. The van der Waals surface area contributed by atoms with Gasteiger partial charge in [0.15, 0.2) is 0 Å². The molecule has 0 nitrogen and oxygen atoms in total. The third kappa shape index (κ3) is 2.29. The second-order valence-corrected chi connectivity index (χ2v) is 6.30. The predicted molar refractivity (Wildman–Crippen MR) is 77.5 cm³/mol. The van der Waals surface area contributed by atoms with Crippen LogP contribution in [-0.2, 0) is 12.8 Å². The molecule has 18 heavy (non-hydrogen) atoms. The molecule has 0 spiro atoms. The Hall–Kier alpha value is -1.30. The summed E-state index contributed by atoms with van der Waals surface area (Å²) in [5.74, 6) is 1.30. The van der Waals surface area contributed by atoms with Crippen LogP contribution in [0.2, 0.25) is 0 Å². The number of rotatable bonds is 0. The van der Waals surface area contributed by atoms with Gasteiger partial charge in [-0.25, -0.2) is 0 Å². The van der Waals surface area contributed by atoms with Crippen LogP contribution in [0.25, 0.3) is 0 Å². The summed E-state index contributed by atoms with van der Waals surface area (Å²) >= 11 is 0. The Bertz CT molecular complexity index is 461. The Morgan fingerprint density at radius 2 is 1.61 bits per heavy atom. The Kier molecular flexibility index (Phi) is 2.89. The molecule has 5 aliphatic rings. The van der Waals surface area contributed by atoms with Crippen molar-refractivity contribution < 1.29 is 0 Å². The highest BCUT2D eigenvalue weighted by Crippen LogP contribution is 2.35. The maximum absolute atomic E-state index is 2.43. The van der Waals surface area contributed by atoms with Gasteiger partial charge in [0, 0.05) is 5.41 Å². The molecular weight excluding hydrogens is 216 g/mol. The molecule has 0 heterocycles. The molecule has 5 aliphatic carbocycles. The highest BCUT2D eigenvalue weighted by atomic mass is 14.3. The van der Waals surface area contributed by atoms with E-state index < -0.39 is 0 Å². The minimum absolute atomic E-state index is 0.258. The Morgan fingerprint density at radius 1 is 1.00 bits per heavy atom. The first kappa shape index (κ1) is 11.8. The predicted octanol–water partition coefficient (Wildman–Crippen LogP) is 4.56. The van der Waals surface area contributed by atoms with Gasteiger partial charge < -0.3 is 0 Å². The molecule has 1 aromatic carbocycles. The first-order chi connectivity index (χ1) is 8.65. The zero-order valence-electron chi connectivity index (χ0n) is 11.4. The number of hydrogen-bond donors (Lipinski definition) is 0. The van der Waals surface area contributed by atoms with Gasteiger partial charge >= 0.3 is 0 Å². The van der Waals surface area contributed by atoms with Crippen LogP contribution in [0.15, 0.2) is 48.6 Å². The molecule has 0 N–H and O–H groups in total. The number of allylic oxidation sites excluding steroid dienone is 4. The third-order valence-electron chi connectivity index (χ3n) is 4.59. The van der Waals surface area contributed by atoms with Crippen molar-refractivity contribution in [3.63, 3.8) is 0 Å². The van der Waals surface area contributed by atoms with E-state index in [1.807, 2.05) is 0 Å². The summed E-state index contributed by atoms with van der Waals surface area (Å²) in [6.45, 7) is 4.71. The van der Waals surface area contributed by atoms with Crippen LogP contribution < -0.4 is 0 Å². The van der Waals surface area contributed by atoms with E-state index in [1.54, 1.807) is 0 Å². The quantitative estimate of drug-likeness (QED) is 0.581. The minimum atomic E-state index is 0.258. The van der Waals surface area contributed by atoms with E-state index >= 15 is 0 Å². The van der Waals surface area contributed by atoms with Crippen molar-refractivity contribution >= 4 is 0 Å². The van der Waals surface area contributed by atoms with Gasteiger partial charge in [-0.3, -0.25) is 0 Å². The number of benzene rings is 1. The lowest BCUT2D eigenvalue weighted by atomic mass is 9.75. The average molecular weight is 238 g/mol. The highest BCUT2D eigenvalue weighted by Gasteiger charge is 2.24. The van der Waals surface area contributed by atoms with Gasteiger partial charge in [-0.15, -0.1) is 0 Å². The van der Waals surface area contributed by atoms with Crippen LogP contribution in [0.3, 0.4) is 0 Å². The van der Waals surface area contributed by atoms with Gasteiger partial charge in [0.2, 0.25) is 0 Å². The number of hydrogen-bond acceptors (Lipinski definition) is 0. The van der Waals surface area contributed by atoms with Crippen molar-refractivity contribution in [1.82, 2.24) is 0 Å². The van der Waals surface area contributed by atoms with Crippen molar-refractivity contribution in [3.05, 3.63) is 59.7 Å². The summed E-state index contributed by atoms with van der Waals surface area (Å²) in [5.41, 5.74) is 3.20. The van der Waals surface area contributed by atoms with Crippen LogP contribution in [0.5, 0.6) is 0 Å². The molecule has 0 saturated carbocycles. The van der Waals surface area contributed by atoms with Crippen molar-refractivity contribution in [2.45, 2.75) is 33.1 Å². The fourth-order valence-electron chi connectivity index (χ4n) is 3.09. The van der Waals surface area contributed by atoms with E-state index in [-0.39, 0.29) is 5.41 Å². The van der Waals surface area contributed by atoms with Crippen LogP contribution in [-0.4, -0.2) is 0 Å². The van der Waals surface area contributed by atoms with Crippen molar-refractivity contribution in [1.29, 1.82) is 0 Å². The summed E-state index contributed by atoms with van der Waals surface area (Å²) in [4.78, 5) is 0. The largest absolute Gasteiger partial charge is 0.0805 e. The molecular formula is C18H22. The molecule has 0 amide bonds. The van der Waals surface area contributed by atoms with Gasteiger partial charge in [0.1, 0.15) is 0 Å². The van der Waals surface area contributed by atoms with Gasteiger partial charge in [-0.1, -0.05) is 62.4 Å². The molecule has 4 bridgehead atoms. The monoisotopic (exact) mass is 238 g/mol. The Morgan fingerprint density at radius 3 is 2.28 bits per heavy atom. The van der Waals surface area contributed by atoms with Gasteiger partial charge in [0.05, 0.1) is 0 Å². The molecule has 0 radical (unpaired) electrons. The zero-order valence-corrected chi connectivity index (χ0v) is 11.4. The smallest absolute Gasteiger partial charge is 0.00362 e. The van der Waals surface area contributed by atoms with Crippen molar-refractivity contribution in [2.75, 3.05) is 0 Å². The van der Waals surface area contributed by atoms with E-state index in [4.69, 9.17) is 0 Å². The maximum Gasteiger partial charge on any atom is 0.00362 e. The molecule has 0 aliphatic heterocycles. The van der Waals surface area contributed by atoms with Gasteiger partial charge in [-0.2, -0.15) is 0 Å². The molecule has 1 unspecified atom stereocenters. The normalized spacial score (nSPS) is 34.3. The Balaban J connectivity index is 1.96. The van der Waals surface area contributed by atoms with E-state index in [2.05, 4.69) is 62.4 Å². The topological polar surface area (TPSA) is 0 Å². The van der Waals surface area contributed by atoms with Gasteiger partial charge in [-0.05, 0) is 42.2 Å². The van der Waals surface area contributed by atoms with Crippen molar-refractivity contribution in [2.24, 2.45) is 17.3 Å². The lowest BCUT2D eigenvalue weighted by molar-refractivity contribution is 0.442. The molecule has 1 atom stereocenters. The first-order valence-corrected chi connectivity index (χ1v) is 7.11. The third-order valence-corrected chi connectivity index (χ3v) is 4.59. The van der Waals surface area contributed by atoms with Crippen LogP contribution >= 0.6 is 0 Å². The van der Waals surface area contributed by atoms with E-state index in [0.29, 0.717) is 11.8 Å². The van der Waals surface area contributed by atoms with Crippen molar-refractivity contribution in [3.8, 4) is 0 Å². The molecule has 0 aromatic heterocycles. The Labute approximate surface area is 110 Å². The molecule has 94 valence electrons. The lowest BCUT2D eigenvalue weighted by Gasteiger charge is -2.30.